The van der Waals surface area contributed by atoms with Crippen molar-refractivity contribution in [1.29, 1.82) is 0 Å². The highest BCUT2D eigenvalue weighted by Crippen LogP contribution is 2.53. The van der Waals surface area contributed by atoms with Gasteiger partial charge in [0.25, 0.3) is 0 Å². The second kappa shape index (κ2) is 8.41. The highest BCUT2D eigenvalue weighted by atomic mass is 15.2. The first-order chi connectivity index (χ1) is 17.7. The van der Waals surface area contributed by atoms with Crippen LogP contribution < -0.4 is 0 Å². The van der Waals surface area contributed by atoms with E-state index in [1.54, 1.807) is 0 Å². The Kier molecular flexibility index (Phi) is 5.02. The monoisotopic (exact) mass is 468 g/mol. The van der Waals surface area contributed by atoms with Crippen LogP contribution in [0.4, 0.5) is 0 Å². The molecule has 0 saturated heterocycles. The Morgan fingerprint density at radius 3 is 2.44 bits per heavy atom. The Bertz CT molecular complexity index is 1440. The summed E-state index contributed by atoms with van der Waals surface area (Å²) >= 11 is 0. The van der Waals surface area contributed by atoms with E-state index >= 15 is 0 Å². The van der Waals surface area contributed by atoms with Gasteiger partial charge in [-0.1, -0.05) is 98.8 Å². The predicted octanol–water partition coefficient (Wildman–Crippen LogP) is 7.87. The molecule has 2 unspecified atom stereocenters. The van der Waals surface area contributed by atoms with Crippen molar-refractivity contribution < 1.29 is 0 Å². The van der Waals surface area contributed by atoms with Gasteiger partial charge in [0, 0.05) is 30.3 Å². The molecule has 2 heteroatoms. The molecule has 3 aromatic carbocycles. The lowest BCUT2D eigenvalue weighted by Gasteiger charge is -2.45. The lowest BCUT2D eigenvalue weighted by atomic mass is 9.78. The summed E-state index contributed by atoms with van der Waals surface area (Å²) in [4.78, 5) is 5.21. The van der Waals surface area contributed by atoms with Crippen LogP contribution in [0.3, 0.4) is 0 Å². The van der Waals surface area contributed by atoms with Gasteiger partial charge in [0.15, 0.2) is 0 Å². The van der Waals surface area contributed by atoms with Gasteiger partial charge in [-0.25, -0.2) is 0 Å². The average molecular weight is 469 g/mol. The molecule has 178 valence electrons. The second-order valence-electron chi connectivity index (χ2n) is 10.8. The summed E-state index contributed by atoms with van der Waals surface area (Å²) in [6.07, 6.45) is 13.9. The minimum absolute atomic E-state index is 0.322. The van der Waals surface area contributed by atoms with E-state index in [9.17, 15) is 0 Å². The molecule has 4 aliphatic rings. The molecule has 7 rings (SSSR count). The molecule has 3 aromatic rings. The van der Waals surface area contributed by atoms with Crippen LogP contribution in [0.5, 0.6) is 0 Å². The molecular weight excluding hydrogens is 436 g/mol. The van der Waals surface area contributed by atoms with E-state index in [0.717, 1.165) is 13.1 Å². The van der Waals surface area contributed by atoms with Gasteiger partial charge < -0.3 is 9.80 Å². The topological polar surface area (TPSA) is 6.48 Å². The number of fused-ring (bicyclic) bond motifs is 6. The maximum absolute atomic E-state index is 2.68. The van der Waals surface area contributed by atoms with Gasteiger partial charge in [0.2, 0.25) is 0 Å². The normalized spacial score (nSPS) is 23.6. The van der Waals surface area contributed by atoms with E-state index in [0.29, 0.717) is 23.9 Å². The Morgan fingerprint density at radius 1 is 0.806 bits per heavy atom. The third kappa shape index (κ3) is 3.32. The molecule has 0 aliphatic carbocycles. The molecule has 0 saturated carbocycles. The first-order valence-electron chi connectivity index (χ1n) is 13.3. The fourth-order valence-corrected chi connectivity index (χ4v) is 6.65. The van der Waals surface area contributed by atoms with Crippen molar-refractivity contribution >= 4 is 5.70 Å². The molecule has 0 fully saturated rings. The largest absolute Gasteiger partial charge is 0.366 e. The van der Waals surface area contributed by atoms with Crippen molar-refractivity contribution in [2.75, 3.05) is 13.1 Å². The lowest BCUT2D eigenvalue weighted by molar-refractivity contribution is 0.206. The minimum Gasteiger partial charge on any atom is -0.366 e. The number of hydrogen-bond acceptors (Lipinski definition) is 2. The zero-order valence-electron chi connectivity index (χ0n) is 21.0. The Morgan fingerprint density at radius 2 is 1.61 bits per heavy atom. The third-order valence-corrected chi connectivity index (χ3v) is 8.44. The van der Waals surface area contributed by atoms with Crippen LogP contribution in [-0.4, -0.2) is 22.9 Å². The maximum atomic E-state index is 2.68. The molecule has 4 heterocycles. The summed E-state index contributed by atoms with van der Waals surface area (Å²) in [6.45, 7) is 6.61. The van der Waals surface area contributed by atoms with Crippen LogP contribution in [0.15, 0.2) is 115 Å². The molecule has 0 N–H and O–H groups in total. The number of nitrogens with zero attached hydrogens (tertiary/aromatic N) is 2. The van der Waals surface area contributed by atoms with Crippen LogP contribution in [0.1, 0.15) is 54.1 Å². The zero-order valence-corrected chi connectivity index (χ0v) is 21.0. The average Bonchev–Trinajstić information content (AvgIpc) is 3.26. The molecular formula is C34H32N2. The molecule has 0 bridgehead atoms. The van der Waals surface area contributed by atoms with Crippen molar-refractivity contribution in [2.45, 2.75) is 31.8 Å². The van der Waals surface area contributed by atoms with Gasteiger partial charge in [0.1, 0.15) is 0 Å². The maximum Gasteiger partial charge on any atom is 0.0727 e. The Labute approximate surface area is 214 Å². The zero-order chi connectivity index (χ0) is 24.2. The molecule has 4 aliphatic heterocycles. The minimum atomic E-state index is 0.322. The van der Waals surface area contributed by atoms with Crippen molar-refractivity contribution in [2.24, 2.45) is 5.92 Å². The van der Waals surface area contributed by atoms with E-state index in [1.807, 2.05) is 0 Å². The second-order valence-corrected chi connectivity index (χ2v) is 10.8. The molecule has 0 spiro atoms. The quantitative estimate of drug-likeness (QED) is 0.386. The van der Waals surface area contributed by atoms with Gasteiger partial charge in [-0.15, -0.1) is 0 Å². The summed E-state index contributed by atoms with van der Waals surface area (Å²) < 4.78 is 0. The SMILES string of the molecule is CC(C)C1=CCN2C(=C1)c1cc(-c3ccccc3)ccc1[C@@H]2C1CN2C=CC=CC2c2ccccc21. The van der Waals surface area contributed by atoms with Crippen LogP contribution in [0, 0.1) is 5.92 Å². The van der Waals surface area contributed by atoms with Crippen LogP contribution in [0.2, 0.25) is 0 Å². The van der Waals surface area contributed by atoms with Crippen molar-refractivity contribution in [3.8, 4) is 11.1 Å². The highest BCUT2D eigenvalue weighted by molar-refractivity contribution is 5.80. The van der Waals surface area contributed by atoms with Gasteiger partial charge in [-0.3, -0.25) is 0 Å². The van der Waals surface area contributed by atoms with Crippen LogP contribution >= 0.6 is 0 Å². The molecule has 0 radical (unpaired) electrons. The standard InChI is InChI=1S/C34H32N2/c1-23(2)25-17-19-36-33(21-25)30-20-26(24-10-4-3-5-11-24)15-16-29(30)34(36)31-22-35-18-9-8-14-32(35)28-13-7-6-12-27(28)31/h3-18,20-21,23,31-32,34H,19,22H2,1-2H3/t31?,32?,34-/m1/s1. The van der Waals surface area contributed by atoms with Gasteiger partial charge in [0.05, 0.1) is 12.1 Å². The molecule has 2 nitrogen and oxygen atoms in total. The summed E-state index contributed by atoms with van der Waals surface area (Å²) in [7, 11) is 0. The summed E-state index contributed by atoms with van der Waals surface area (Å²) in [6, 6.07) is 27.8. The first kappa shape index (κ1) is 21.5. The van der Waals surface area contributed by atoms with Crippen LogP contribution in [-0.2, 0) is 0 Å². The Hall–Kier alpha value is -3.78. The van der Waals surface area contributed by atoms with Gasteiger partial charge >= 0.3 is 0 Å². The number of hydrogen-bond donors (Lipinski definition) is 0. The van der Waals surface area contributed by atoms with Crippen molar-refractivity contribution in [3.05, 3.63) is 137 Å². The van der Waals surface area contributed by atoms with Crippen LogP contribution in [0.25, 0.3) is 16.8 Å². The van der Waals surface area contributed by atoms with E-state index in [1.165, 1.54) is 44.7 Å². The molecule has 36 heavy (non-hydrogen) atoms. The Balaban J connectivity index is 1.39. The van der Waals surface area contributed by atoms with E-state index in [4.69, 9.17) is 0 Å². The molecule has 0 amide bonds. The predicted molar refractivity (Wildman–Crippen MR) is 149 cm³/mol. The number of allylic oxidation sites excluding steroid dienone is 4. The first-order valence-corrected chi connectivity index (χ1v) is 13.3. The summed E-state index contributed by atoms with van der Waals surface area (Å²) in [5.41, 5.74) is 11.2. The molecule has 0 aromatic heterocycles. The fraction of sp³-hybridized carbons (Fsp3) is 0.235. The smallest absolute Gasteiger partial charge is 0.0727 e. The number of benzene rings is 3. The third-order valence-electron chi connectivity index (χ3n) is 8.44. The van der Waals surface area contributed by atoms with Crippen molar-refractivity contribution in [1.82, 2.24) is 9.80 Å². The van der Waals surface area contributed by atoms with Gasteiger partial charge in [-0.05, 0) is 63.7 Å². The van der Waals surface area contributed by atoms with E-state index in [-0.39, 0.29) is 0 Å². The van der Waals surface area contributed by atoms with Gasteiger partial charge in [-0.2, -0.15) is 0 Å². The van der Waals surface area contributed by atoms with E-state index < -0.39 is 0 Å². The van der Waals surface area contributed by atoms with Crippen molar-refractivity contribution in [3.63, 3.8) is 0 Å². The highest BCUT2D eigenvalue weighted by Gasteiger charge is 2.44. The lowest BCUT2D eigenvalue weighted by Crippen LogP contribution is -2.40. The summed E-state index contributed by atoms with van der Waals surface area (Å²) in [5, 5.41) is 0. The molecule has 3 atom stereocenters. The van der Waals surface area contributed by atoms with E-state index in [2.05, 4.69) is 133 Å². The summed E-state index contributed by atoms with van der Waals surface area (Å²) in [5.74, 6) is 0.927. The number of rotatable bonds is 3. The fourth-order valence-electron chi connectivity index (χ4n) is 6.65.